The highest BCUT2D eigenvalue weighted by molar-refractivity contribution is 7.37. The molecule has 0 unspecified atom stereocenters. The Morgan fingerprint density at radius 2 is 1.35 bits per heavy atom. The van der Waals surface area contributed by atoms with Crippen LogP contribution in [-0.2, 0) is 0 Å². The molecule has 0 bridgehead atoms. The standard InChI is InChI=1S/C8H6O4.C4H11P/c9-7(10)5-3-1-2-4-6(5)8(11)12;1-3-5-4-2/h1-4H,(H,9,10)(H,11,12);5H,3-4H2,1-2H3. The molecule has 94 valence electrons. The Labute approximate surface area is 102 Å². The molecule has 1 rings (SSSR count). The summed E-state index contributed by atoms with van der Waals surface area (Å²) in [6.45, 7) is 4.45. The largest absolute Gasteiger partial charge is 0.478 e. The van der Waals surface area contributed by atoms with Crippen molar-refractivity contribution >= 4 is 20.5 Å². The molecule has 0 radical (unpaired) electrons. The lowest BCUT2D eigenvalue weighted by Gasteiger charge is -1.98. The first-order valence-electron chi connectivity index (χ1n) is 5.30. The zero-order chi connectivity index (χ0) is 13.3. The predicted octanol–water partition coefficient (Wildman–Crippen LogP) is 2.79. The van der Waals surface area contributed by atoms with Gasteiger partial charge in [-0.3, -0.25) is 0 Å². The van der Waals surface area contributed by atoms with Crippen LogP contribution in [0.15, 0.2) is 24.3 Å². The van der Waals surface area contributed by atoms with Gasteiger partial charge in [0.1, 0.15) is 0 Å². The van der Waals surface area contributed by atoms with Crippen LogP contribution in [0.2, 0.25) is 0 Å². The van der Waals surface area contributed by atoms with Gasteiger partial charge in [0.2, 0.25) is 0 Å². The molecule has 0 saturated heterocycles. The van der Waals surface area contributed by atoms with Gasteiger partial charge in [0.05, 0.1) is 11.1 Å². The molecule has 4 nitrogen and oxygen atoms in total. The third kappa shape index (κ3) is 6.03. The number of hydrogen-bond donors (Lipinski definition) is 2. The fourth-order valence-electron chi connectivity index (χ4n) is 1.11. The summed E-state index contributed by atoms with van der Waals surface area (Å²) in [7, 11) is 1.20. The van der Waals surface area contributed by atoms with Crippen LogP contribution in [0, 0.1) is 0 Å². The predicted molar refractivity (Wildman–Crippen MR) is 69.8 cm³/mol. The minimum absolute atomic E-state index is 0.190. The maximum atomic E-state index is 10.5. The normalized spacial score (nSPS) is 9.06. The molecule has 1 aromatic rings. The molecule has 0 amide bonds. The average Bonchev–Trinajstić information content (AvgIpc) is 2.30. The smallest absolute Gasteiger partial charge is 0.336 e. The highest BCUT2D eigenvalue weighted by Crippen LogP contribution is 2.07. The van der Waals surface area contributed by atoms with Gasteiger partial charge >= 0.3 is 11.9 Å². The van der Waals surface area contributed by atoms with Crippen LogP contribution >= 0.6 is 8.58 Å². The van der Waals surface area contributed by atoms with E-state index < -0.39 is 11.9 Å². The van der Waals surface area contributed by atoms with Crippen molar-refractivity contribution in [1.82, 2.24) is 0 Å². The first-order chi connectivity index (χ1) is 8.04. The molecule has 0 aromatic heterocycles. The van der Waals surface area contributed by atoms with Gasteiger partial charge in [-0.15, -0.1) is 8.58 Å². The van der Waals surface area contributed by atoms with E-state index in [-0.39, 0.29) is 11.1 Å². The Morgan fingerprint density at radius 3 is 1.53 bits per heavy atom. The van der Waals surface area contributed by atoms with E-state index in [2.05, 4.69) is 13.8 Å². The van der Waals surface area contributed by atoms with E-state index in [0.717, 1.165) is 0 Å². The third-order valence-electron chi connectivity index (χ3n) is 1.89. The number of aromatic carboxylic acids is 2. The minimum atomic E-state index is -1.23. The van der Waals surface area contributed by atoms with Crippen LogP contribution < -0.4 is 0 Å². The summed E-state index contributed by atoms with van der Waals surface area (Å²) in [6.07, 6.45) is 2.74. The van der Waals surface area contributed by atoms with Crippen LogP contribution in [-0.4, -0.2) is 34.5 Å². The molecule has 0 aliphatic carbocycles. The highest BCUT2D eigenvalue weighted by Gasteiger charge is 2.13. The van der Waals surface area contributed by atoms with E-state index >= 15 is 0 Å². The third-order valence-corrected chi connectivity index (χ3v) is 2.89. The molecule has 5 heteroatoms. The average molecular weight is 256 g/mol. The van der Waals surface area contributed by atoms with Crippen molar-refractivity contribution in [3.8, 4) is 0 Å². The molecule has 0 fully saturated rings. The summed E-state index contributed by atoms with van der Waals surface area (Å²) in [5, 5.41) is 17.1. The van der Waals surface area contributed by atoms with Crippen LogP contribution in [0.25, 0.3) is 0 Å². The van der Waals surface area contributed by atoms with Gasteiger partial charge in [-0.25, -0.2) is 9.59 Å². The lowest BCUT2D eigenvalue weighted by molar-refractivity contribution is 0.0651. The van der Waals surface area contributed by atoms with Gasteiger partial charge in [-0.2, -0.15) is 0 Å². The van der Waals surface area contributed by atoms with E-state index in [4.69, 9.17) is 10.2 Å². The molecule has 0 atom stereocenters. The number of carboxylic acid groups (broad SMARTS) is 2. The fourth-order valence-corrected chi connectivity index (χ4v) is 1.61. The lowest BCUT2D eigenvalue weighted by Crippen LogP contribution is -2.06. The van der Waals surface area contributed by atoms with Gasteiger partial charge in [-0.05, 0) is 24.5 Å². The first-order valence-corrected chi connectivity index (χ1v) is 6.72. The molecular weight excluding hydrogens is 239 g/mol. The van der Waals surface area contributed by atoms with Gasteiger partial charge < -0.3 is 10.2 Å². The summed E-state index contributed by atoms with van der Waals surface area (Å²) >= 11 is 0. The summed E-state index contributed by atoms with van der Waals surface area (Å²) in [5.74, 6) is -2.46. The fraction of sp³-hybridized carbons (Fsp3) is 0.333. The molecule has 2 N–H and O–H groups in total. The second-order valence-corrected chi connectivity index (χ2v) is 5.03. The van der Waals surface area contributed by atoms with Crippen molar-refractivity contribution in [3.05, 3.63) is 35.4 Å². The molecule has 0 saturated carbocycles. The number of rotatable bonds is 4. The van der Waals surface area contributed by atoms with Crippen molar-refractivity contribution < 1.29 is 19.8 Å². The first kappa shape index (κ1) is 15.6. The number of carboxylic acids is 2. The van der Waals surface area contributed by atoms with Crippen molar-refractivity contribution in [1.29, 1.82) is 0 Å². The summed E-state index contributed by atoms with van der Waals surface area (Å²) in [5.41, 5.74) is -0.380. The Balaban J connectivity index is 0.000000437. The van der Waals surface area contributed by atoms with E-state index in [0.29, 0.717) is 0 Å². The Bertz CT molecular complexity index is 342. The van der Waals surface area contributed by atoms with Gasteiger partial charge in [0.15, 0.2) is 0 Å². The monoisotopic (exact) mass is 256 g/mol. The van der Waals surface area contributed by atoms with Crippen molar-refractivity contribution in [3.63, 3.8) is 0 Å². The Kier molecular flexibility index (Phi) is 7.99. The summed E-state index contributed by atoms with van der Waals surface area (Å²) in [4.78, 5) is 20.9. The van der Waals surface area contributed by atoms with Crippen molar-refractivity contribution in [2.45, 2.75) is 13.8 Å². The molecule has 0 heterocycles. The number of benzene rings is 1. The number of hydrogen-bond acceptors (Lipinski definition) is 2. The molecule has 1 aromatic carbocycles. The van der Waals surface area contributed by atoms with E-state index in [1.165, 1.54) is 45.2 Å². The van der Waals surface area contributed by atoms with E-state index in [1.807, 2.05) is 0 Å². The minimum Gasteiger partial charge on any atom is -0.478 e. The lowest BCUT2D eigenvalue weighted by atomic mass is 10.1. The Hall–Kier alpha value is -1.41. The van der Waals surface area contributed by atoms with E-state index in [1.54, 1.807) is 0 Å². The molecule has 0 aliphatic heterocycles. The quantitative estimate of drug-likeness (QED) is 0.812. The maximum absolute atomic E-state index is 10.5. The van der Waals surface area contributed by atoms with Gasteiger partial charge in [0, 0.05) is 0 Å². The zero-order valence-electron chi connectivity index (χ0n) is 9.93. The molecular formula is C12H17O4P. The number of carbonyl (C=O) groups is 2. The van der Waals surface area contributed by atoms with Crippen molar-refractivity contribution in [2.75, 3.05) is 12.3 Å². The second kappa shape index (κ2) is 8.71. The van der Waals surface area contributed by atoms with E-state index in [9.17, 15) is 9.59 Å². The van der Waals surface area contributed by atoms with Crippen LogP contribution in [0.1, 0.15) is 34.6 Å². The van der Waals surface area contributed by atoms with Gasteiger partial charge in [-0.1, -0.05) is 26.0 Å². The summed E-state index contributed by atoms with van der Waals surface area (Å²) in [6, 6.07) is 5.48. The van der Waals surface area contributed by atoms with Crippen molar-refractivity contribution in [2.24, 2.45) is 0 Å². The van der Waals surface area contributed by atoms with Crippen LogP contribution in [0.4, 0.5) is 0 Å². The molecule has 0 spiro atoms. The van der Waals surface area contributed by atoms with Crippen LogP contribution in [0.5, 0.6) is 0 Å². The Morgan fingerprint density at radius 1 is 1.00 bits per heavy atom. The topological polar surface area (TPSA) is 74.6 Å². The zero-order valence-corrected chi connectivity index (χ0v) is 10.9. The SMILES string of the molecule is CCPCC.O=C(O)c1ccccc1C(=O)O. The highest BCUT2D eigenvalue weighted by atomic mass is 31.1. The second-order valence-electron chi connectivity index (χ2n) is 3.11. The molecule has 0 aliphatic rings. The maximum Gasteiger partial charge on any atom is 0.336 e. The molecule has 17 heavy (non-hydrogen) atoms. The summed E-state index contributed by atoms with van der Waals surface area (Å²) < 4.78 is 0. The van der Waals surface area contributed by atoms with Gasteiger partial charge in [0.25, 0.3) is 0 Å². The van der Waals surface area contributed by atoms with Crippen LogP contribution in [0.3, 0.4) is 0 Å².